The van der Waals surface area contributed by atoms with E-state index in [0.717, 1.165) is 36.2 Å². The normalized spacial score (nSPS) is 18.7. The molecule has 6 nitrogen and oxygen atoms in total. The molecule has 2 aromatic heterocycles. The van der Waals surface area contributed by atoms with E-state index in [1.807, 2.05) is 47.8 Å². The van der Waals surface area contributed by atoms with Gasteiger partial charge >= 0.3 is 5.97 Å². The van der Waals surface area contributed by atoms with E-state index in [1.165, 1.54) is 0 Å². The zero-order chi connectivity index (χ0) is 20.9. The first kappa shape index (κ1) is 20.3. The van der Waals surface area contributed by atoms with E-state index in [1.54, 1.807) is 22.1 Å². The molecule has 30 heavy (non-hydrogen) atoms. The van der Waals surface area contributed by atoms with Crippen molar-refractivity contribution in [3.63, 3.8) is 0 Å². The quantitative estimate of drug-likeness (QED) is 0.595. The predicted molar refractivity (Wildman–Crippen MR) is 117 cm³/mol. The van der Waals surface area contributed by atoms with Gasteiger partial charge in [0, 0.05) is 12.1 Å². The second kappa shape index (κ2) is 9.26. The minimum atomic E-state index is -0.568. The lowest BCUT2D eigenvalue weighted by molar-refractivity contribution is -0.125. The molecule has 0 aliphatic heterocycles. The van der Waals surface area contributed by atoms with Crippen LogP contribution in [0.15, 0.2) is 53.9 Å². The van der Waals surface area contributed by atoms with Crippen LogP contribution in [-0.2, 0) is 9.53 Å². The molecule has 1 saturated carbocycles. The number of hydrogen-bond acceptors (Lipinski definition) is 5. The van der Waals surface area contributed by atoms with Gasteiger partial charge in [-0.05, 0) is 55.2 Å². The lowest BCUT2D eigenvalue weighted by atomic mass is 9.87. The smallest absolute Gasteiger partial charge is 0.357 e. The molecule has 0 spiro atoms. The molecule has 1 fully saturated rings. The largest absolute Gasteiger partial charge is 0.451 e. The molecule has 156 valence electrons. The highest BCUT2D eigenvalue weighted by Crippen LogP contribution is 2.26. The maximum Gasteiger partial charge on any atom is 0.357 e. The fourth-order valence-electron chi connectivity index (χ4n) is 3.72. The molecule has 0 bridgehead atoms. The second-order valence-electron chi connectivity index (χ2n) is 7.74. The van der Waals surface area contributed by atoms with Gasteiger partial charge in [-0.2, -0.15) is 5.10 Å². The van der Waals surface area contributed by atoms with Gasteiger partial charge in [0.15, 0.2) is 12.3 Å². The number of carbonyl (C=O) groups excluding carboxylic acids is 2. The molecular weight excluding hydrogens is 398 g/mol. The third-order valence-corrected chi connectivity index (χ3v) is 6.30. The van der Waals surface area contributed by atoms with Crippen molar-refractivity contribution in [3.05, 3.63) is 59.6 Å². The number of carbonyl (C=O) groups is 2. The van der Waals surface area contributed by atoms with Crippen molar-refractivity contribution < 1.29 is 14.3 Å². The standard InChI is InChI=1S/C23H25N3O3S/c1-16-9-11-17(12-10-16)24-22(27)15-29-23(28)20-14-19(21-8-5-13-30-21)25-26(20)18-6-3-2-4-7-18/h2-8,13-14,16-17H,9-12,15H2,1H3,(H,24,27). The third kappa shape index (κ3) is 4.79. The summed E-state index contributed by atoms with van der Waals surface area (Å²) in [5.74, 6) is -0.111. The lowest BCUT2D eigenvalue weighted by Crippen LogP contribution is -2.39. The number of thiophene rings is 1. The van der Waals surface area contributed by atoms with Gasteiger partial charge in [0.05, 0.1) is 10.6 Å². The summed E-state index contributed by atoms with van der Waals surface area (Å²) in [5.41, 5.74) is 1.75. The van der Waals surface area contributed by atoms with Crippen molar-refractivity contribution in [3.8, 4) is 16.3 Å². The van der Waals surface area contributed by atoms with Crippen LogP contribution in [0, 0.1) is 5.92 Å². The maximum atomic E-state index is 12.8. The Morgan fingerprint density at radius 2 is 1.90 bits per heavy atom. The molecule has 7 heteroatoms. The number of esters is 1. The molecule has 3 aromatic rings. The first-order chi connectivity index (χ1) is 14.6. The number of ether oxygens (including phenoxy) is 1. The van der Waals surface area contributed by atoms with E-state index in [-0.39, 0.29) is 18.6 Å². The molecule has 1 aliphatic rings. The number of rotatable bonds is 6. The van der Waals surface area contributed by atoms with Crippen molar-refractivity contribution in [1.82, 2.24) is 15.1 Å². The molecule has 0 radical (unpaired) electrons. The van der Waals surface area contributed by atoms with Crippen molar-refractivity contribution in [2.75, 3.05) is 6.61 Å². The molecule has 1 amide bonds. The van der Waals surface area contributed by atoms with Gasteiger partial charge in [0.25, 0.3) is 5.91 Å². The summed E-state index contributed by atoms with van der Waals surface area (Å²) >= 11 is 1.55. The highest BCUT2D eigenvalue weighted by atomic mass is 32.1. The van der Waals surface area contributed by atoms with Crippen LogP contribution in [0.5, 0.6) is 0 Å². The van der Waals surface area contributed by atoms with Gasteiger partial charge in [-0.25, -0.2) is 9.48 Å². The Kier molecular flexibility index (Phi) is 6.28. The van der Waals surface area contributed by atoms with Crippen LogP contribution in [0.1, 0.15) is 43.1 Å². The fourth-order valence-corrected chi connectivity index (χ4v) is 4.40. The summed E-state index contributed by atoms with van der Waals surface area (Å²) in [6, 6.07) is 15.2. The maximum absolute atomic E-state index is 12.8. The van der Waals surface area contributed by atoms with E-state index < -0.39 is 5.97 Å². The molecule has 0 saturated heterocycles. The summed E-state index contributed by atoms with van der Waals surface area (Å²) in [6.45, 7) is 1.94. The first-order valence-electron chi connectivity index (χ1n) is 10.3. The van der Waals surface area contributed by atoms with Gasteiger partial charge in [-0.15, -0.1) is 11.3 Å². The van der Waals surface area contributed by atoms with Crippen molar-refractivity contribution >= 4 is 23.2 Å². The molecule has 1 N–H and O–H groups in total. The first-order valence-corrected chi connectivity index (χ1v) is 11.1. The van der Waals surface area contributed by atoms with Crippen LogP contribution in [0.25, 0.3) is 16.3 Å². The Bertz CT molecular complexity index is 990. The van der Waals surface area contributed by atoms with Gasteiger partial charge < -0.3 is 10.1 Å². The number of nitrogens with zero attached hydrogens (tertiary/aromatic N) is 2. The van der Waals surface area contributed by atoms with Crippen molar-refractivity contribution in [2.24, 2.45) is 5.92 Å². The Hall–Kier alpha value is -2.93. The van der Waals surface area contributed by atoms with E-state index in [2.05, 4.69) is 17.3 Å². The second-order valence-corrected chi connectivity index (χ2v) is 8.69. The Labute approximate surface area is 179 Å². The van der Waals surface area contributed by atoms with Crippen LogP contribution in [0.4, 0.5) is 0 Å². The number of aromatic nitrogens is 2. The highest BCUT2D eigenvalue weighted by molar-refractivity contribution is 7.13. The molecular formula is C23H25N3O3S. The summed E-state index contributed by atoms with van der Waals surface area (Å²) < 4.78 is 6.90. The predicted octanol–water partition coefficient (Wildman–Crippen LogP) is 4.45. The van der Waals surface area contributed by atoms with Crippen molar-refractivity contribution in [1.29, 1.82) is 0 Å². The number of nitrogens with one attached hydrogen (secondary N) is 1. The molecule has 4 rings (SSSR count). The van der Waals surface area contributed by atoms with E-state index in [0.29, 0.717) is 17.3 Å². The topological polar surface area (TPSA) is 73.2 Å². The zero-order valence-electron chi connectivity index (χ0n) is 16.9. The van der Waals surface area contributed by atoms with Gasteiger partial charge in [0.1, 0.15) is 5.69 Å². The Balaban J connectivity index is 1.45. The zero-order valence-corrected chi connectivity index (χ0v) is 17.7. The Morgan fingerprint density at radius 3 is 2.60 bits per heavy atom. The van der Waals surface area contributed by atoms with E-state index in [9.17, 15) is 9.59 Å². The molecule has 1 aliphatic carbocycles. The number of hydrogen-bond donors (Lipinski definition) is 1. The summed E-state index contributed by atoms with van der Waals surface area (Å²) in [6.07, 6.45) is 4.19. The Morgan fingerprint density at radius 1 is 1.13 bits per heavy atom. The van der Waals surface area contributed by atoms with Crippen LogP contribution >= 0.6 is 11.3 Å². The van der Waals surface area contributed by atoms with Crippen LogP contribution < -0.4 is 5.32 Å². The summed E-state index contributed by atoms with van der Waals surface area (Å²) in [4.78, 5) is 26.0. The van der Waals surface area contributed by atoms with Gasteiger partial charge in [-0.3, -0.25) is 4.79 Å². The average molecular weight is 424 g/mol. The minimum absolute atomic E-state index is 0.174. The number of benzene rings is 1. The van der Waals surface area contributed by atoms with Crippen LogP contribution in [-0.4, -0.2) is 34.3 Å². The summed E-state index contributed by atoms with van der Waals surface area (Å²) in [7, 11) is 0. The van der Waals surface area contributed by atoms with Gasteiger partial charge in [0.2, 0.25) is 0 Å². The highest BCUT2D eigenvalue weighted by Gasteiger charge is 2.22. The average Bonchev–Trinajstić information content (AvgIpc) is 3.44. The molecule has 0 unspecified atom stereocenters. The summed E-state index contributed by atoms with van der Waals surface area (Å²) in [5, 5.41) is 9.54. The van der Waals surface area contributed by atoms with Crippen molar-refractivity contribution in [2.45, 2.75) is 38.6 Å². The molecule has 0 atom stereocenters. The fraction of sp³-hybridized carbons (Fsp3) is 0.348. The minimum Gasteiger partial charge on any atom is -0.451 e. The lowest BCUT2D eigenvalue weighted by Gasteiger charge is -2.26. The third-order valence-electron chi connectivity index (χ3n) is 5.41. The van der Waals surface area contributed by atoms with Crippen LogP contribution in [0.2, 0.25) is 0 Å². The SMILES string of the molecule is CC1CCC(NC(=O)COC(=O)c2cc(-c3cccs3)nn2-c2ccccc2)CC1. The van der Waals surface area contributed by atoms with Crippen LogP contribution in [0.3, 0.4) is 0 Å². The van der Waals surface area contributed by atoms with E-state index >= 15 is 0 Å². The number of para-hydroxylation sites is 1. The number of amides is 1. The van der Waals surface area contributed by atoms with Gasteiger partial charge in [-0.1, -0.05) is 31.2 Å². The molecule has 1 aromatic carbocycles. The van der Waals surface area contributed by atoms with E-state index in [4.69, 9.17) is 4.74 Å². The molecule has 2 heterocycles. The monoisotopic (exact) mass is 423 g/mol.